The van der Waals surface area contributed by atoms with Gasteiger partial charge in [-0.1, -0.05) is 38.8 Å². The molecule has 96 valence electrons. The van der Waals surface area contributed by atoms with Crippen molar-refractivity contribution in [3.63, 3.8) is 0 Å². The smallest absolute Gasteiger partial charge is 0.0621 e. The number of rotatable bonds is 7. The van der Waals surface area contributed by atoms with Gasteiger partial charge >= 0.3 is 0 Å². The van der Waals surface area contributed by atoms with Gasteiger partial charge in [0.15, 0.2) is 0 Å². The molecule has 1 aromatic heterocycles. The highest BCUT2D eigenvalue weighted by Crippen LogP contribution is 2.19. The van der Waals surface area contributed by atoms with Gasteiger partial charge in [-0.05, 0) is 36.9 Å². The summed E-state index contributed by atoms with van der Waals surface area (Å²) in [7, 11) is 0. The van der Waals surface area contributed by atoms with Gasteiger partial charge in [0.05, 0.1) is 5.02 Å². The Morgan fingerprint density at radius 2 is 2.18 bits per heavy atom. The third-order valence-electron chi connectivity index (χ3n) is 3.28. The van der Waals surface area contributed by atoms with Crippen LogP contribution in [-0.4, -0.2) is 17.6 Å². The van der Waals surface area contributed by atoms with Crippen molar-refractivity contribution >= 4 is 11.6 Å². The topological polar surface area (TPSA) is 24.9 Å². The molecule has 2 atom stereocenters. The van der Waals surface area contributed by atoms with Crippen LogP contribution in [0.1, 0.15) is 39.2 Å². The van der Waals surface area contributed by atoms with Crippen LogP contribution >= 0.6 is 11.6 Å². The molecule has 0 aliphatic heterocycles. The Morgan fingerprint density at radius 1 is 1.41 bits per heavy atom. The van der Waals surface area contributed by atoms with Crippen molar-refractivity contribution < 1.29 is 0 Å². The fourth-order valence-corrected chi connectivity index (χ4v) is 2.09. The van der Waals surface area contributed by atoms with Crippen LogP contribution in [0.2, 0.25) is 5.02 Å². The van der Waals surface area contributed by atoms with Gasteiger partial charge in [-0.2, -0.15) is 0 Å². The standard InChI is InChI=1S/C14H23ClN2/c1-4-7-17-14(11(3)5-2)9-12-6-8-16-10-13(12)15/h6,8,10-11,14,17H,4-5,7,9H2,1-3H3. The average molecular weight is 255 g/mol. The number of pyridine rings is 1. The van der Waals surface area contributed by atoms with Crippen molar-refractivity contribution in [3.8, 4) is 0 Å². The van der Waals surface area contributed by atoms with Crippen molar-refractivity contribution in [2.75, 3.05) is 6.54 Å². The molecule has 17 heavy (non-hydrogen) atoms. The lowest BCUT2D eigenvalue weighted by Crippen LogP contribution is -2.37. The molecule has 0 amide bonds. The fourth-order valence-electron chi connectivity index (χ4n) is 1.90. The summed E-state index contributed by atoms with van der Waals surface area (Å²) in [6.07, 6.45) is 6.87. The van der Waals surface area contributed by atoms with Crippen molar-refractivity contribution in [1.82, 2.24) is 10.3 Å². The van der Waals surface area contributed by atoms with E-state index in [0.717, 1.165) is 24.4 Å². The third kappa shape index (κ3) is 4.64. The van der Waals surface area contributed by atoms with Crippen LogP contribution in [-0.2, 0) is 6.42 Å². The fraction of sp³-hybridized carbons (Fsp3) is 0.643. The van der Waals surface area contributed by atoms with Gasteiger partial charge < -0.3 is 5.32 Å². The number of nitrogens with zero attached hydrogens (tertiary/aromatic N) is 1. The van der Waals surface area contributed by atoms with Gasteiger partial charge in [0, 0.05) is 18.4 Å². The van der Waals surface area contributed by atoms with Gasteiger partial charge in [-0.3, -0.25) is 4.98 Å². The first-order valence-corrected chi connectivity index (χ1v) is 6.88. The summed E-state index contributed by atoms with van der Waals surface area (Å²) in [5.41, 5.74) is 1.19. The first kappa shape index (κ1) is 14.5. The molecule has 0 saturated carbocycles. The first-order chi connectivity index (χ1) is 8.19. The Bertz CT molecular complexity index is 328. The minimum Gasteiger partial charge on any atom is -0.313 e. The van der Waals surface area contributed by atoms with Gasteiger partial charge in [-0.15, -0.1) is 0 Å². The summed E-state index contributed by atoms with van der Waals surface area (Å²) in [5.74, 6) is 0.658. The molecule has 1 heterocycles. The normalized spacial score (nSPS) is 14.6. The van der Waals surface area contributed by atoms with Crippen molar-refractivity contribution in [2.24, 2.45) is 5.92 Å². The first-order valence-electron chi connectivity index (χ1n) is 6.50. The molecule has 1 rings (SSSR count). The van der Waals surface area contributed by atoms with Gasteiger partial charge in [0.25, 0.3) is 0 Å². The highest BCUT2D eigenvalue weighted by molar-refractivity contribution is 6.31. The maximum Gasteiger partial charge on any atom is 0.0621 e. The molecule has 3 heteroatoms. The predicted molar refractivity (Wildman–Crippen MR) is 74.5 cm³/mol. The van der Waals surface area contributed by atoms with Crippen LogP contribution in [0.3, 0.4) is 0 Å². The van der Waals surface area contributed by atoms with E-state index < -0.39 is 0 Å². The SMILES string of the molecule is CCCNC(Cc1ccncc1Cl)C(C)CC. The van der Waals surface area contributed by atoms with Crippen molar-refractivity contribution in [2.45, 2.75) is 46.1 Å². The number of hydrogen-bond donors (Lipinski definition) is 1. The van der Waals surface area contributed by atoms with Crippen LogP contribution in [0.25, 0.3) is 0 Å². The Kier molecular flexibility index (Phi) is 6.53. The van der Waals surface area contributed by atoms with Crippen molar-refractivity contribution in [3.05, 3.63) is 29.0 Å². The molecule has 0 aromatic carbocycles. The van der Waals surface area contributed by atoms with Gasteiger partial charge in [0.1, 0.15) is 0 Å². The van der Waals surface area contributed by atoms with Crippen LogP contribution < -0.4 is 5.32 Å². The molecule has 1 N–H and O–H groups in total. The van der Waals surface area contributed by atoms with E-state index in [1.165, 1.54) is 12.0 Å². The molecule has 0 radical (unpaired) electrons. The molecule has 0 aliphatic rings. The second-order valence-electron chi connectivity index (χ2n) is 4.62. The second kappa shape index (κ2) is 7.67. The van der Waals surface area contributed by atoms with Crippen molar-refractivity contribution in [1.29, 1.82) is 0 Å². The number of halogens is 1. The van der Waals surface area contributed by atoms with E-state index in [4.69, 9.17) is 11.6 Å². The van der Waals surface area contributed by atoms with E-state index in [1.807, 2.05) is 12.3 Å². The summed E-state index contributed by atoms with van der Waals surface area (Å²) >= 11 is 6.16. The zero-order chi connectivity index (χ0) is 12.7. The predicted octanol–water partition coefficient (Wildman–Crippen LogP) is 3.69. The maximum absolute atomic E-state index is 6.16. The molecule has 2 unspecified atom stereocenters. The molecular weight excluding hydrogens is 232 g/mol. The van der Waals surface area contributed by atoms with Gasteiger partial charge in [0.2, 0.25) is 0 Å². The van der Waals surface area contributed by atoms with E-state index in [-0.39, 0.29) is 0 Å². The van der Waals surface area contributed by atoms with E-state index in [0.29, 0.717) is 12.0 Å². The van der Waals surface area contributed by atoms with Gasteiger partial charge in [-0.25, -0.2) is 0 Å². The lowest BCUT2D eigenvalue weighted by Gasteiger charge is -2.24. The highest BCUT2D eigenvalue weighted by Gasteiger charge is 2.16. The number of nitrogens with one attached hydrogen (secondary N) is 1. The Hall–Kier alpha value is -0.600. The molecule has 0 spiro atoms. The van der Waals surface area contributed by atoms with E-state index in [9.17, 15) is 0 Å². The quantitative estimate of drug-likeness (QED) is 0.803. The lowest BCUT2D eigenvalue weighted by molar-refractivity contribution is 0.365. The van der Waals surface area contributed by atoms with E-state index in [2.05, 4.69) is 31.1 Å². The number of hydrogen-bond acceptors (Lipinski definition) is 2. The minimum absolute atomic E-state index is 0.500. The summed E-state index contributed by atoms with van der Waals surface area (Å²) in [6, 6.07) is 2.52. The summed E-state index contributed by atoms with van der Waals surface area (Å²) < 4.78 is 0. The molecule has 0 fully saturated rings. The Labute approximate surface area is 110 Å². The zero-order valence-corrected chi connectivity index (χ0v) is 11.8. The lowest BCUT2D eigenvalue weighted by atomic mass is 9.93. The van der Waals surface area contributed by atoms with E-state index in [1.54, 1.807) is 6.20 Å². The minimum atomic E-state index is 0.500. The largest absolute Gasteiger partial charge is 0.313 e. The Balaban J connectivity index is 2.68. The molecule has 0 aliphatic carbocycles. The summed E-state index contributed by atoms with van der Waals surface area (Å²) in [5, 5.41) is 4.39. The number of aromatic nitrogens is 1. The Morgan fingerprint density at radius 3 is 2.76 bits per heavy atom. The molecule has 1 aromatic rings. The average Bonchev–Trinajstić information content (AvgIpc) is 2.35. The van der Waals surface area contributed by atoms with Crippen LogP contribution in [0.5, 0.6) is 0 Å². The summed E-state index contributed by atoms with van der Waals surface area (Å²) in [4.78, 5) is 4.03. The van der Waals surface area contributed by atoms with Crippen LogP contribution in [0, 0.1) is 5.92 Å². The molecule has 2 nitrogen and oxygen atoms in total. The van der Waals surface area contributed by atoms with E-state index >= 15 is 0 Å². The highest BCUT2D eigenvalue weighted by atomic mass is 35.5. The molecular formula is C14H23ClN2. The van der Waals surface area contributed by atoms with Crippen LogP contribution in [0.4, 0.5) is 0 Å². The van der Waals surface area contributed by atoms with Crippen LogP contribution in [0.15, 0.2) is 18.5 Å². The third-order valence-corrected chi connectivity index (χ3v) is 3.62. The second-order valence-corrected chi connectivity index (χ2v) is 5.02. The zero-order valence-electron chi connectivity index (χ0n) is 11.0. The monoisotopic (exact) mass is 254 g/mol. The molecule has 0 saturated heterocycles. The maximum atomic E-state index is 6.16. The molecule has 0 bridgehead atoms. The summed E-state index contributed by atoms with van der Waals surface area (Å²) in [6.45, 7) is 7.79.